The highest BCUT2D eigenvalue weighted by atomic mass is 19.1. The summed E-state index contributed by atoms with van der Waals surface area (Å²) in [6.07, 6.45) is 6.92. The molecule has 3 aromatic heterocycles. The van der Waals surface area contributed by atoms with Gasteiger partial charge in [-0.25, -0.2) is 23.7 Å². The van der Waals surface area contributed by atoms with E-state index in [-0.39, 0.29) is 28.4 Å². The lowest BCUT2D eigenvalue weighted by atomic mass is 9.66. The summed E-state index contributed by atoms with van der Waals surface area (Å²) in [5, 5.41) is 27.7. The van der Waals surface area contributed by atoms with Crippen LogP contribution >= 0.6 is 0 Å². The fourth-order valence-electron chi connectivity index (χ4n) is 6.19. The minimum atomic E-state index is -1.15. The van der Waals surface area contributed by atoms with E-state index in [1.165, 1.54) is 30.6 Å². The summed E-state index contributed by atoms with van der Waals surface area (Å²) in [6, 6.07) is 5.53. The molecule has 0 aliphatic heterocycles. The minimum Gasteiger partial charge on any atom is -0.393 e. The number of benzene rings is 1. The number of aliphatic hydroxyl groups is 2. The summed E-state index contributed by atoms with van der Waals surface area (Å²) in [6.45, 7) is 3.86. The zero-order valence-electron chi connectivity index (χ0n) is 20.2. The predicted molar refractivity (Wildman–Crippen MR) is 129 cm³/mol. The number of aliphatic hydroxyl groups excluding tert-OH is 2. The molecule has 3 atom stereocenters. The first-order valence-electron chi connectivity index (χ1n) is 12.0. The van der Waals surface area contributed by atoms with Crippen LogP contribution in [0.5, 0.6) is 0 Å². The smallest absolute Gasteiger partial charge is 0.159 e. The quantitative estimate of drug-likeness (QED) is 0.422. The Balaban J connectivity index is 1.45. The van der Waals surface area contributed by atoms with Gasteiger partial charge >= 0.3 is 0 Å². The minimum absolute atomic E-state index is 0.111. The van der Waals surface area contributed by atoms with E-state index in [0.29, 0.717) is 11.3 Å². The zero-order chi connectivity index (χ0) is 25.9. The molecule has 1 unspecified atom stereocenters. The van der Waals surface area contributed by atoms with Crippen LogP contribution in [0.3, 0.4) is 0 Å². The van der Waals surface area contributed by atoms with Gasteiger partial charge in [0, 0.05) is 24.2 Å². The van der Waals surface area contributed by atoms with Crippen molar-refractivity contribution in [3.8, 4) is 22.5 Å². The van der Waals surface area contributed by atoms with E-state index in [1.807, 2.05) is 0 Å². The molecule has 10 heteroatoms. The third kappa shape index (κ3) is 3.32. The Morgan fingerprint density at radius 3 is 2.46 bits per heavy atom. The molecule has 0 spiro atoms. The average Bonchev–Trinajstić information content (AvgIpc) is 3.29. The third-order valence-corrected chi connectivity index (χ3v) is 8.11. The molecule has 3 heterocycles. The van der Waals surface area contributed by atoms with Gasteiger partial charge in [-0.1, -0.05) is 19.9 Å². The van der Waals surface area contributed by atoms with E-state index in [0.717, 1.165) is 29.8 Å². The van der Waals surface area contributed by atoms with Crippen molar-refractivity contribution in [2.24, 2.45) is 5.41 Å². The second kappa shape index (κ2) is 8.39. The summed E-state index contributed by atoms with van der Waals surface area (Å²) < 4.78 is 29.0. The van der Waals surface area contributed by atoms with Gasteiger partial charge in [0.1, 0.15) is 17.7 Å². The second-order valence-corrected chi connectivity index (χ2v) is 10.2. The van der Waals surface area contributed by atoms with Crippen LogP contribution in [0.2, 0.25) is 0 Å². The summed E-state index contributed by atoms with van der Waals surface area (Å²) >= 11 is 0. The van der Waals surface area contributed by atoms with Crippen LogP contribution in [0.15, 0.2) is 49.1 Å². The van der Waals surface area contributed by atoms with E-state index >= 15 is 0 Å². The third-order valence-electron chi connectivity index (χ3n) is 8.11. The SMILES string of the molecule is CC1(C)[C@H]2CC[C@]1(c1cncc(-c3cnc(C(O)CO)nc3)n1)c1nnc(-c3c(F)cccc3F)cc12. The highest BCUT2D eigenvalue weighted by Gasteiger charge is 2.65. The Bertz CT molecular complexity index is 1490. The van der Waals surface area contributed by atoms with E-state index in [9.17, 15) is 13.9 Å². The lowest BCUT2D eigenvalue weighted by molar-refractivity contribution is 0.0886. The van der Waals surface area contributed by atoms with E-state index in [4.69, 9.17) is 10.1 Å². The standard InChI is InChI=1S/C27H24F2N6O2/c1-26(2)16-6-7-27(26,24-15(16)8-19(34-35-24)23-17(28)4-3-5-18(23)29)22-12-30-11-20(33-22)14-9-31-25(32-10-14)21(37)13-36/h3-5,8-12,16,21,36-37H,6-7,13H2,1-2H3/t16-,21?,27-/m0/s1. The fraction of sp³-hybridized carbons (Fsp3) is 0.333. The molecule has 0 amide bonds. The maximum Gasteiger partial charge on any atom is 0.159 e. The van der Waals surface area contributed by atoms with Crippen molar-refractivity contribution in [3.63, 3.8) is 0 Å². The molecule has 1 fully saturated rings. The van der Waals surface area contributed by atoms with Crippen LogP contribution in [0.25, 0.3) is 22.5 Å². The van der Waals surface area contributed by atoms with Crippen molar-refractivity contribution in [1.82, 2.24) is 30.1 Å². The van der Waals surface area contributed by atoms with Crippen molar-refractivity contribution >= 4 is 0 Å². The Morgan fingerprint density at radius 1 is 1.03 bits per heavy atom. The van der Waals surface area contributed by atoms with Crippen molar-refractivity contribution in [3.05, 3.63) is 83.5 Å². The van der Waals surface area contributed by atoms with Crippen LogP contribution in [0.1, 0.15) is 61.5 Å². The number of hydrogen-bond acceptors (Lipinski definition) is 8. The van der Waals surface area contributed by atoms with Gasteiger partial charge in [0.2, 0.25) is 0 Å². The van der Waals surface area contributed by atoms with Gasteiger partial charge in [-0.3, -0.25) is 4.98 Å². The van der Waals surface area contributed by atoms with Crippen LogP contribution in [0.4, 0.5) is 8.78 Å². The Morgan fingerprint density at radius 2 is 1.76 bits per heavy atom. The Labute approximate surface area is 211 Å². The van der Waals surface area contributed by atoms with Gasteiger partial charge in [-0.2, -0.15) is 5.10 Å². The lowest BCUT2D eigenvalue weighted by Gasteiger charge is -2.37. The first-order chi connectivity index (χ1) is 17.8. The number of aromatic nitrogens is 6. The molecule has 37 heavy (non-hydrogen) atoms. The largest absolute Gasteiger partial charge is 0.393 e. The molecule has 4 aromatic rings. The van der Waals surface area contributed by atoms with Gasteiger partial charge in [0.15, 0.2) is 5.82 Å². The van der Waals surface area contributed by atoms with Crippen LogP contribution in [0, 0.1) is 17.0 Å². The normalized spacial score (nSPS) is 22.2. The van der Waals surface area contributed by atoms with E-state index < -0.39 is 29.8 Å². The monoisotopic (exact) mass is 502 g/mol. The molecular weight excluding hydrogens is 478 g/mol. The highest BCUT2D eigenvalue weighted by molar-refractivity contribution is 5.64. The summed E-state index contributed by atoms with van der Waals surface area (Å²) in [4.78, 5) is 17.7. The van der Waals surface area contributed by atoms with Gasteiger partial charge in [0.25, 0.3) is 0 Å². The maximum atomic E-state index is 14.5. The van der Waals surface area contributed by atoms with Gasteiger partial charge in [-0.15, -0.1) is 5.10 Å². The predicted octanol–water partition coefficient (Wildman–Crippen LogP) is 3.90. The van der Waals surface area contributed by atoms with Crippen molar-refractivity contribution in [1.29, 1.82) is 0 Å². The first-order valence-corrected chi connectivity index (χ1v) is 12.0. The molecule has 8 nitrogen and oxygen atoms in total. The van der Waals surface area contributed by atoms with Gasteiger partial charge < -0.3 is 10.2 Å². The van der Waals surface area contributed by atoms with Crippen molar-refractivity contribution in [2.75, 3.05) is 6.61 Å². The second-order valence-electron chi connectivity index (χ2n) is 10.2. The topological polar surface area (TPSA) is 118 Å². The van der Waals surface area contributed by atoms with Crippen LogP contribution in [-0.4, -0.2) is 47.0 Å². The number of hydrogen-bond donors (Lipinski definition) is 2. The molecule has 6 rings (SSSR count). The van der Waals surface area contributed by atoms with Crippen LogP contribution in [-0.2, 0) is 5.41 Å². The van der Waals surface area contributed by atoms with Gasteiger partial charge in [0.05, 0.1) is 46.6 Å². The average molecular weight is 503 g/mol. The molecule has 0 radical (unpaired) electrons. The number of rotatable bonds is 5. The van der Waals surface area contributed by atoms with E-state index in [2.05, 4.69) is 39.0 Å². The molecule has 188 valence electrons. The molecule has 2 aliphatic rings. The molecule has 2 bridgehead atoms. The molecule has 0 saturated heterocycles. The Hall–Kier alpha value is -3.76. The van der Waals surface area contributed by atoms with Crippen LogP contribution < -0.4 is 0 Å². The number of nitrogens with zero attached hydrogens (tertiary/aromatic N) is 6. The zero-order valence-corrected chi connectivity index (χ0v) is 20.2. The summed E-state index contributed by atoms with van der Waals surface area (Å²) in [5.74, 6) is -1.12. The summed E-state index contributed by atoms with van der Waals surface area (Å²) in [5.41, 5.74) is 2.72. The first kappa shape index (κ1) is 23.6. The molecule has 2 N–H and O–H groups in total. The highest BCUT2D eigenvalue weighted by Crippen LogP contribution is 2.69. The number of fused-ring (bicyclic) bond motifs is 5. The summed E-state index contributed by atoms with van der Waals surface area (Å²) in [7, 11) is 0. The van der Waals surface area contributed by atoms with Crippen molar-refractivity contribution in [2.45, 2.75) is 44.1 Å². The van der Waals surface area contributed by atoms with Crippen molar-refractivity contribution < 1.29 is 19.0 Å². The number of halogens is 2. The van der Waals surface area contributed by atoms with Gasteiger partial charge in [-0.05, 0) is 47.9 Å². The molecule has 1 aromatic carbocycles. The molecule has 1 saturated carbocycles. The molecular formula is C27H24F2N6O2. The molecule has 2 aliphatic carbocycles. The maximum absolute atomic E-state index is 14.5. The Kier molecular flexibility index (Phi) is 5.36. The lowest BCUT2D eigenvalue weighted by Crippen LogP contribution is -2.38. The fourth-order valence-corrected chi connectivity index (χ4v) is 6.19. The van der Waals surface area contributed by atoms with E-state index in [1.54, 1.807) is 18.5 Å².